The number of nitrogens with zero attached hydrogens (tertiary/aromatic N) is 1. The molecule has 2 aromatic rings. The second kappa shape index (κ2) is 7.61. The van der Waals surface area contributed by atoms with Gasteiger partial charge in [0.1, 0.15) is 18.2 Å². The van der Waals surface area contributed by atoms with Crippen LogP contribution in [-0.4, -0.2) is 31.0 Å². The number of ether oxygens (including phenoxy) is 1. The maximum Gasteiger partial charge on any atom is 0.255 e. The molecule has 0 radical (unpaired) electrons. The summed E-state index contributed by atoms with van der Waals surface area (Å²) in [5.41, 5.74) is 0.431. The lowest BCUT2D eigenvalue weighted by Gasteiger charge is -2.18. The van der Waals surface area contributed by atoms with Gasteiger partial charge in [0, 0.05) is 11.5 Å². The van der Waals surface area contributed by atoms with Gasteiger partial charge in [-0.15, -0.1) is 0 Å². The zero-order valence-corrected chi connectivity index (χ0v) is 14.2. The molecule has 0 aromatic heterocycles. The summed E-state index contributed by atoms with van der Waals surface area (Å²) in [6.45, 7) is 0.693. The fraction of sp³-hybridized carbons (Fsp3) is 0.188. The second-order valence-electron chi connectivity index (χ2n) is 4.65. The molecule has 0 aliphatic rings. The smallest absolute Gasteiger partial charge is 0.255 e. The lowest BCUT2D eigenvalue weighted by Crippen LogP contribution is -2.31. The van der Waals surface area contributed by atoms with Gasteiger partial charge in [0.25, 0.3) is 5.91 Å². The van der Waals surface area contributed by atoms with Crippen molar-refractivity contribution < 1.29 is 13.9 Å². The zero-order valence-electron chi connectivity index (χ0n) is 11.9. The first kappa shape index (κ1) is 16.8. The fourth-order valence-electron chi connectivity index (χ4n) is 1.80. The van der Waals surface area contributed by atoms with E-state index in [0.29, 0.717) is 29.5 Å². The van der Waals surface area contributed by atoms with Crippen molar-refractivity contribution in [2.75, 3.05) is 20.2 Å². The van der Waals surface area contributed by atoms with E-state index in [1.165, 1.54) is 17.0 Å². The SMILES string of the molecule is CN(CCOc1ccc(F)cc1)C(=O)c1cc(Br)ccc1Cl. The first-order valence-electron chi connectivity index (χ1n) is 6.56. The van der Waals surface area contributed by atoms with E-state index in [1.54, 1.807) is 37.4 Å². The van der Waals surface area contributed by atoms with Crippen LogP contribution >= 0.6 is 27.5 Å². The third-order valence-electron chi connectivity index (χ3n) is 3.01. The van der Waals surface area contributed by atoms with Crippen molar-refractivity contribution in [3.05, 3.63) is 63.3 Å². The van der Waals surface area contributed by atoms with Gasteiger partial charge < -0.3 is 9.64 Å². The van der Waals surface area contributed by atoms with Crippen LogP contribution in [0, 0.1) is 5.82 Å². The fourth-order valence-corrected chi connectivity index (χ4v) is 2.36. The molecule has 0 atom stereocenters. The van der Waals surface area contributed by atoms with Crippen molar-refractivity contribution >= 4 is 33.4 Å². The molecule has 3 nitrogen and oxygen atoms in total. The number of likely N-dealkylation sites (N-methyl/N-ethyl adjacent to an activating group) is 1. The lowest BCUT2D eigenvalue weighted by atomic mass is 10.2. The highest BCUT2D eigenvalue weighted by molar-refractivity contribution is 9.10. The van der Waals surface area contributed by atoms with Crippen molar-refractivity contribution in [1.29, 1.82) is 0 Å². The van der Waals surface area contributed by atoms with Crippen LogP contribution in [0.2, 0.25) is 5.02 Å². The highest BCUT2D eigenvalue weighted by Gasteiger charge is 2.15. The van der Waals surface area contributed by atoms with Crippen LogP contribution in [0.5, 0.6) is 5.75 Å². The summed E-state index contributed by atoms with van der Waals surface area (Å²) in [5.74, 6) is 0.0562. The minimum absolute atomic E-state index is 0.186. The number of benzene rings is 2. The summed E-state index contributed by atoms with van der Waals surface area (Å²) in [5, 5.41) is 0.402. The minimum Gasteiger partial charge on any atom is -0.492 e. The van der Waals surface area contributed by atoms with Gasteiger partial charge in [-0.1, -0.05) is 27.5 Å². The highest BCUT2D eigenvalue weighted by atomic mass is 79.9. The molecule has 0 spiro atoms. The van der Waals surface area contributed by atoms with E-state index >= 15 is 0 Å². The van der Waals surface area contributed by atoms with Crippen molar-refractivity contribution in [3.8, 4) is 5.75 Å². The molecule has 0 N–H and O–H groups in total. The molecule has 0 aliphatic carbocycles. The summed E-state index contributed by atoms with van der Waals surface area (Å²) in [4.78, 5) is 13.8. The molecule has 2 rings (SSSR count). The van der Waals surface area contributed by atoms with Gasteiger partial charge in [0.05, 0.1) is 17.1 Å². The van der Waals surface area contributed by atoms with Crippen LogP contribution in [0.25, 0.3) is 0 Å². The minimum atomic E-state index is -0.316. The Morgan fingerprint density at radius 2 is 1.95 bits per heavy atom. The molecule has 1 amide bonds. The Labute approximate surface area is 141 Å². The van der Waals surface area contributed by atoms with E-state index in [0.717, 1.165) is 4.47 Å². The number of rotatable bonds is 5. The first-order chi connectivity index (χ1) is 10.5. The molecule has 0 heterocycles. The molecule has 6 heteroatoms. The van der Waals surface area contributed by atoms with Gasteiger partial charge in [-0.2, -0.15) is 0 Å². The summed E-state index contributed by atoms with van der Waals surface area (Å²) >= 11 is 9.36. The van der Waals surface area contributed by atoms with E-state index in [-0.39, 0.29) is 11.7 Å². The third kappa shape index (κ3) is 4.45. The van der Waals surface area contributed by atoms with E-state index in [1.807, 2.05) is 0 Å². The average molecular weight is 387 g/mol. The van der Waals surface area contributed by atoms with Crippen LogP contribution in [0.1, 0.15) is 10.4 Å². The number of halogens is 3. The predicted octanol–water partition coefficient (Wildman–Crippen LogP) is 4.39. The normalized spacial score (nSPS) is 10.4. The quantitative estimate of drug-likeness (QED) is 0.762. The Morgan fingerprint density at radius 1 is 1.27 bits per heavy atom. The highest BCUT2D eigenvalue weighted by Crippen LogP contribution is 2.22. The van der Waals surface area contributed by atoms with Crippen molar-refractivity contribution in [3.63, 3.8) is 0 Å². The third-order valence-corrected chi connectivity index (χ3v) is 3.84. The second-order valence-corrected chi connectivity index (χ2v) is 5.98. The van der Waals surface area contributed by atoms with E-state index in [4.69, 9.17) is 16.3 Å². The number of carbonyl (C=O) groups is 1. The van der Waals surface area contributed by atoms with E-state index in [2.05, 4.69) is 15.9 Å². The first-order valence-corrected chi connectivity index (χ1v) is 7.73. The Bertz CT molecular complexity index is 664. The van der Waals surface area contributed by atoms with Crippen LogP contribution < -0.4 is 4.74 Å². The van der Waals surface area contributed by atoms with Crippen LogP contribution in [-0.2, 0) is 0 Å². The molecule has 0 aliphatic heterocycles. The van der Waals surface area contributed by atoms with Crippen molar-refractivity contribution in [2.45, 2.75) is 0 Å². The molecule has 2 aromatic carbocycles. The molecular weight excluding hydrogens is 373 g/mol. The lowest BCUT2D eigenvalue weighted by molar-refractivity contribution is 0.0774. The molecule has 0 saturated carbocycles. The van der Waals surface area contributed by atoms with Gasteiger partial charge in [0.15, 0.2) is 0 Å². The van der Waals surface area contributed by atoms with Gasteiger partial charge in [-0.3, -0.25) is 4.79 Å². The zero-order chi connectivity index (χ0) is 16.1. The maximum absolute atomic E-state index is 12.8. The molecule has 22 heavy (non-hydrogen) atoms. The molecule has 116 valence electrons. The maximum atomic E-state index is 12.8. The van der Waals surface area contributed by atoms with Crippen molar-refractivity contribution in [2.24, 2.45) is 0 Å². The van der Waals surface area contributed by atoms with Crippen molar-refractivity contribution in [1.82, 2.24) is 4.90 Å². The van der Waals surface area contributed by atoms with Gasteiger partial charge in [-0.05, 0) is 42.5 Å². The standard InChI is InChI=1S/C16H14BrClFNO2/c1-20(8-9-22-13-5-3-12(19)4-6-13)16(21)14-10-11(17)2-7-15(14)18/h2-7,10H,8-9H2,1H3. The van der Waals surface area contributed by atoms with Gasteiger partial charge in [0.2, 0.25) is 0 Å². The topological polar surface area (TPSA) is 29.5 Å². The molecule has 0 saturated heterocycles. The van der Waals surface area contributed by atoms with Crippen LogP contribution in [0.4, 0.5) is 4.39 Å². The monoisotopic (exact) mass is 385 g/mol. The molecule has 0 unspecified atom stereocenters. The Kier molecular flexibility index (Phi) is 5.80. The average Bonchev–Trinajstić information content (AvgIpc) is 2.51. The summed E-state index contributed by atoms with van der Waals surface area (Å²) in [6.07, 6.45) is 0. The van der Waals surface area contributed by atoms with Crippen LogP contribution in [0.3, 0.4) is 0 Å². The summed E-state index contributed by atoms with van der Waals surface area (Å²) in [7, 11) is 1.67. The molecular formula is C16H14BrClFNO2. The number of hydrogen-bond donors (Lipinski definition) is 0. The van der Waals surface area contributed by atoms with E-state index in [9.17, 15) is 9.18 Å². The van der Waals surface area contributed by atoms with E-state index < -0.39 is 0 Å². The largest absolute Gasteiger partial charge is 0.492 e. The van der Waals surface area contributed by atoms with Crippen LogP contribution in [0.15, 0.2) is 46.9 Å². The Morgan fingerprint density at radius 3 is 2.64 bits per heavy atom. The summed E-state index contributed by atoms with van der Waals surface area (Å²) < 4.78 is 19.0. The van der Waals surface area contributed by atoms with Gasteiger partial charge >= 0.3 is 0 Å². The number of hydrogen-bond acceptors (Lipinski definition) is 2. The molecule has 0 bridgehead atoms. The predicted molar refractivity (Wildman–Crippen MR) is 88.0 cm³/mol. The Hall–Kier alpha value is -1.59. The Balaban J connectivity index is 1.91. The van der Waals surface area contributed by atoms with Gasteiger partial charge in [-0.25, -0.2) is 4.39 Å². The molecule has 0 fully saturated rings. The number of carbonyl (C=O) groups excluding carboxylic acids is 1. The number of amides is 1. The summed E-state index contributed by atoms with van der Waals surface area (Å²) in [6, 6.07) is 10.9.